The molecule has 1 amide bonds. The van der Waals surface area contributed by atoms with Crippen LogP contribution in [0, 0.1) is 6.92 Å². The van der Waals surface area contributed by atoms with Gasteiger partial charge in [0.05, 0.1) is 17.1 Å². The zero-order valence-electron chi connectivity index (χ0n) is 16.8. The molecule has 2 aromatic carbocycles. The number of hydrogen-bond acceptors (Lipinski definition) is 5. The van der Waals surface area contributed by atoms with Crippen molar-refractivity contribution in [3.63, 3.8) is 0 Å². The Bertz CT molecular complexity index is 1010. The van der Waals surface area contributed by atoms with Crippen LogP contribution in [0.4, 0.5) is 11.4 Å². The van der Waals surface area contributed by atoms with Crippen molar-refractivity contribution in [2.75, 3.05) is 29.1 Å². The summed E-state index contributed by atoms with van der Waals surface area (Å²) >= 11 is 7.56. The number of benzene rings is 2. The number of carbonyl (C=O) groups excluding carboxylic acids is 1. The summed E-state index contributed by atoms with van der Waals surface area (Å²) in [5.74, 6) is 0.134. The second-order valence-corrected chi connectivity index (χ2v) is 8.74. The van der Waals surface area contributed by atoms with Crippen LogP contribution in [0.2, 0.25) is 5.02 Å². The van der Waals surface area contributed by atoms with E-state index in [0.717, 1.165) is 30.2 Å². The minimum atomic E-state index is -0.0982. The standard InChI is InChI=1S/C22H24ClN5OS/c1-16-5-8-18(9-6-16)28-15-24-26-22(28)30-14-21(29)25-19-13-17(23)7-10-20(19)27-11-3-2-4-12-27/h5-10,13,15H,2-4,11-12,14H2,1H3,(H,25,29). The fraction of sp³-hybridized carbons (Fsp3) is 0.318. The molecule has 6 nitrogen and oxygen atoms in total. The highest BCUT2D eigenvalue weighted by atomic mass is 35.5. The smallest absolute Gasteiger partial charge is 0.234 e. The average Bonchev–Trinajstić information content (AvgIpc) is 3.22. The van der Waals surface area contributed by atoms with Gasteiger partial charge in [-0.1, -0.05) is 41.1 Å². The van der Waals surface area contributed by atoms with E-state index in [9.17, 15) is 4.79 Å². The van der Waals surface area contributed by atoms with Gasteiger partial charge in [-0.3, -0.25) is 9.36 Å². The van der Waals surface area contributed by atoms with Gasteiger partial charge >= 0.3 is 0 Å². The van der Waals surface area contributed by atoms with Crippen molar-refractivity contribution in [2.45, 2.75) is 31.3 Å². The summed E-state index contributed by atoms with van der Waals surface area (Å²) in [6.45, 7) is 4.04. The number of nitrogens with one attached hydrogen (secondary N) is 1. The quantitative estimate of drug-likeness (QED) is 0.548. The monoisotopic (exact) mass is 441 g/mol. The minimum Gasteiger partial charge on any atom is -0.370 e. The molecule has 2 heterocycles. The Labute approximate surface area is 185 Å². The second kappa shape index (κ2) is 9.53. The Kier molecular flexibility index (Phi) is 6.59. The lowest BCUT2D eigenvalue weighted by atomic mass is 10.1. The summed E-state index contributed by atoms with van der Waals surface area (Å²) in [5, 5.41) is 12.5. The average molecular weight is 442 g/mol. The number of carbonyl (C=O) groups is 1. The first kappa shape index (κ1) is 20.8. The normalized spacial score (nSPS) is 14.0. The van der Waals surface area contributed by atoms with E-state index in [1.165, 1.54) is 36.6 Å². The molecule has 1 aliphatic heterocycles. The van der Waals surface area contributed by atoms with Crippen molar-refractivity contribution < 1.29 is 4.79 Å². The van der Waals surface area contributed by atoms with E-state index in [2.05, 4.69) is 20.4 Å². The molecule has 0 radical (unpaired) electrons. The number of halogens is 1. The number of thioether (sulfide) groups is 1. The lowest BCUT2D eigenvalue weighted by Gasteiger charge is -2.30. The van der Waals surface area contributed by atoms with Crippen molar-refractivity contribution >= 4 is 40.6 Å². The highest BCUT2D eigenvalue weighted by Crippen LogP contribution is 2.31. The zero-order valence-corrected chi connectivity index (χ0v) is 18.4. The SMILES string of the molecule is Cc1ccc(-n2cnnc2SCC(=O)Nc2cc(Cl)ccc2N2CCCCC2)cc1. The zero-order chi connectivity index (χ0) is 20.9. The fourth-order valence-electron chi connectivity index (χ4n) is 3.54. The molecule has 1 aliphatic rings. The van der Waals surface area contributed by atoms with Crippen LogP contribution in [-0.2, 0) is 4.79 Å². The Morgan fingerprint density at radius 3 is 2.67 bits per heavy atom. The molecule has 0 spiro atoms. The summed E-state index contributed by atoms with van der Waals surface area (Å²) in [7, 11) is 0. The van der Waals surface area contributed by atoms with Gasteiger partial charge in [0.15, 0.2) is 5.16 Å². The van der Waals surface area contributed by atoms with Crippen molar-refractivity contribution in [2.24, 2.45) is 0 Å². The van der Waals surface area contributed by atoms with Crippen LogP contribution >= 0.6 is 23.4 Å². The predicted octanol–water partition coefficient (Wildman–Crippen LogP) is 4.95. The van der Waals surface area contributed by atoms with Gasteiger partial charge in [0.25, 0.3) is 0 Å². The van der Waals surface area contributed by atoms with Crippen LogP contribution in [-0.4, -0.2) is 39.5 Å². The second-order valence-electron chi connectivity index (χ2n) is 7.37. The van der Waals surface area contributed by atoms with Crippen molar-refractivity contribution in [1.82, 2.24) is 14.8 Å². The van der Waals surface area contributed by atoms with Crippen LogP contribution in [0.1, 0.15) is 24.8 Å². The summed E-state index contributed by atoms with van der Waals surface area (Å²) in [4.78, 5) is 15.0. The highest BCUT2D eigenvalue weighted by Gasteiger charge is 2.17. The number of hydrogen-bond donors (Lipinski definition) is 1. The minimum absolute atomic E-state index is 0.0982. The van der Waals surface area contributed by atoms with Crippen LogP contribution in [0.25, 0.3) is 5.69 Å². The van der Waals surface area contributed by atoms with Gasteiger partial charge in [-0.15, -0.1) is 10.2 Å². The van der Waals surface area contributed by atoms with E-state index in [0.29, 0.717) is 10.2 Å². The first-order valence-electron chi connectivity index (χ1n) is 10.0. The first-order valence-corrected chi connectivity index (χ1v) is 11.4. The van der Waals surface area contributed by atoms with E-state index < -0.39 is 0 Å². The van der Waals surface area contributed by atoms with E-state index in [4.69, 9.17) is 11.6 Å². The van der Waals surface area contributed by atoms with Gasteiger partial charge in [-0.25, -0.2) is 0 Å². The number of rotatable bonds is 6. The molecular formula is C22H24ClN5OS. The Balaban J connectivity index is 1.43. The largest absolute Gasteiger partial charge is 0.370 e. The number of aryl methyl sites for hydroxylation is 1. The summed E-state index contributed by atoms with van der Waals surface area (Å²) in [6.07, 6.45) is 5.25. The van der Waals surface area contributed by atoms with E-state index in [1.807, 2.05) is 54.0 Å². The van der Waals surface area contributed by atoms with E-state index >= 15 is 0 Å². The molecule has 0 atom stereocenters. The third-order valence-corrected chi connectivity index (χ3v) is 6.27. The predicted molar refractivity (Wildman–Crippen MR) is 123 cm³/mol. The molecule has 0 saturated carbocycles. The van der Waals surface area contributed by atoms with Gasteiger partial charge in [0.1, 0.15) is 6.33 Å². The lowest BCUT2D eigenvalue weighted by molar-refractivity contribution is -0.113. The van der Waals surface area contributed by atoms with Crippen molar-refractivity contribution in [1.29, 1.82) is 0 Å². The molecule has 0 bridgehead atoms. The summed E-state index contributed by atoms with van der Waals surface area (Å²) in [6, 6.07) is 13.8. The molecule has 1 fully saturated rings. The molecule has 1 aromatic heterocycles. The van der Waals surface area contributed by atoms with Crippen LogP contribution in [0.15, 0.2) is 53.9 Å². The van der Waals surface area contributed by atoms with Gasteiger partial charge in [0.2, 0.25) is 5.91 Å². The highest BCUT2D eigenvalue weighted by molar-refractivity contribution is 7.99. The molecule has 4 rings (SSSR count). The number of amides is 1. The molecule has 1 N–H and O–H groups in total. The Hall–Kier alpha value is -2.51. The maximum Gasteiger partial charge on any atom is 0.234 e. The molecule has 0 aliphatic carbocycles. The third-order valence-electron chi connectivity index (χ3n) is 5.09. The molecule has 8 heteroatoms. The van der Waals surface area contributed by atoms with Crippen molar-refractivity contribution in [3.8, 4) is 5.69 Å². The van der Waals surface area contributed by atoms with E-state index in [1.54, 1.807) is 6.33 Å². The summed E-state index contributed by atoms with van der Waals surface area (Å²) in [5.41, 5.74) is 3.94. The molecule has 0 unspecified atom stereocenters. The van der Waals surface area contributed by atoms with Gasteiger partial charge in [-0.05, 0) is 56.5 Å². The number of nitrogens with zero attached hydrogens (tertiary/aromatic N) is 4. The summed E-state index contributed by atoms with van der Waals surface area (Å²) < 4.78 is 1.88. The van der Waals surface area contributed by atoms with Gasteiger partial charge in [-0.2, -0.15) is 0 Å². The first-order chi connectivity index (χ1) is 14.6. The van der Waals surface area contributed by atoms with Crippen LogP contribution < -0.4 is 10.2 Å². The molecule has 1 saturated heterocycles. The van der Waals surface area contributed by atoms with Crippen LogP contribution in [0.5, 0.6) is 0 Å². The van der Waals surface area contributed by atoms with Crippen molar-refractivity contribution in [3.05, 3.63) is 59.4 Å². The number of aromatic nitrogens is 3. The Morgan fingerprint density at radius 2 is 1.90 bits per heavy atom. The van der Waals surface area contributed by atoms with Gasteiger partial charge in [0, 0.05) is 23.8 Å². The number of anilines is 2. The topological polar surface area (TPSA) is 63.1 Å². The molecule has 156 valence electrons. The molecule has 3 aromatic rings. The Morgan fingerprint density at radius 1 is 1.13 bits per heavy atom. The molecular weight excluding hydrogens is 418 g/mol. The van der Waals surface area contributed by atoms with Crippen LogP contribution in [0.3, 0.4) is 0 Å². The number of piperidine rings is 1. The maximum absolute atomic E-state index is 12.7. The fourth-order valence-corrected chi connectivity index (χ4v) is 4.44. The lowest BCUT2D eigenvalue weighted by Crippen LogP contribution is -2.30. The third kappa shape index (κ3) is 4.96. The van der Waals surface area contributed by atoms with E-state index in [-0.39, 0.29) is 11.7 Å². The van der Waals surface area contributed by atoms with Gasteiger partial charge < -0.3 is 10.2 Å². The maximum atomic E-state index is 12.7. The molecule has 30 heavy (non-hydrogen) atoms.